The van der Waals surface area contributed by atoms with Crippen molar-refractivity contribution >= 4 is 0 Å². The fraction of sp³-hybridized carbons (Fsp3) is 0.600. The van der Waals surface area contributed by atoms with Crippen LogP contribution in [0.1, 0.15) is 37.4 Å². The maximum absolute atomic E-state index is 13.6. The molecule has 0 aromatic heterocycles. The highest BCUT2D eigenvalue weighted by atomic mass is 19.2. The molecule has 0 spiro atoms. The van der Waals surface area contributed by atoms with Gasteiger partial charge in [-0.15, -0.1) is 0 Å². The monoisotopic (exact) mass is 267 g/mol. The summed E-state index contributed by atoms with van der Waals surface area (Å²) in [4.78, 5) is 0. The van der Waals surface area contributed by atoms with Crippen LogP contribution < -0.4 is 5.32 Å². The molecule has 2 aliphatic rings. The van der Waals surface area contributed by atoms with E-state index in [0.717, 1.165) is 12.6 Å². The Hall–Kier alpha value is -1.00. The fourth-order valence-electron chi connectivity index (χ4n) is 3.71. The molecule has 1 saturated heterocycles. The Morgan fingerprint density at radius 3 is 3.00 bits per heavy atom. The lowest BCUT2D eigenvalue weighted by Crippen LogP contribution is -2.29. The van der Waals surface area contributed by atoms with Gasteiger partial charge < -0.3 is 10.4 Å². The standard InChI is InChI=1S/C15H19F2NO/c16-12-6-2-5-11(15(12)17)14(19)7-13-10-4-1-3-9(10)8-18-13/h2,5-6,9-10,13-14,18-19H,1,3-4,7-8H2. The topological polar surface area (TPSA) is 32.3 Å². The molecule has 0 amide bonds. The van der Waals surface area contributed by atoms with E-state index in [1.54, 1.807) is 0 Å². The summed E-state index contributed by atoms with van der Waals surface area (Å²) in [6.45, 7) is 0.994. The molecule has 0 bridgehead atoms. The van der Waals surface area contributed by atoms with Gasteiger partial charge in [-0.3, -0.25) is 0 Å². The largest absolute Gasteiger partial charge is 0.388 e. The summed E-state index contributed by atoms with van der Waals surface area (Å²) in [5, 5.41) is 13.6. The highest BCUT2D eigenvalue weighted by Crippen LogP contribution is 2.40. The van der Waals surface area contributed by atoms with E-state index in [-0.39, 0.29) is 11.6 Å². The minimum absolute atomic E-state index is 0.0725. The number of hydrogen-bond acceptors (Lipinski definition) is 2. The number of aliphatic hydroxyl groups excluding tert-OH is 1. The zero-order valence-corrected chi connectivity index (χ0v) is 10.8. The molecule has 4 heteroatoms. The fourth-order valence-corrected chi connectivity index (χ4v) is 3.71. The van der Waals surface area contributed by atoms with Gasteiger partial charge in [-0.05, 0) is 43.7 Å². The van der Waals surface area contributed by atoms with Crippen LogP contribution in [0.15, 0.2) is 18.2 Å². The van der Waals surface area contributed by atoms with E-state index < -0.39 is 17.7 Å². The van der Waals surface area contributed by atoms with Crippen molar-refractivity contribution < 1.29 is 13.9 Å². The first-order valence-electron chi connectivity index (χ1n) is 7.02. The lowest BCUT2D eigenvalue weighted by molar-refractivity contribution is 0.140. The molecule has 2 N–H and O–H groups in total. The molecule has 1 heterocycles. The highest BCUT2D eigenvalue weighted by molar-refractivity contribution is 5.21. The van der Waals surface area contributed by atoms with E-state index in [2.05, 4.69) is 5.32 Å². The summed E-state index contributed by atoms with van der Waals surface area (Å²) in [6, 6.07) is 4.21. The van der Waals surface area contributed by atoms with Crippen LogP contribution in [0.3, 0.4) is 0 Å². The van der Waals surface area contributed by atoms with Crippen LogP contribution in [0.2, 0.25) is 0 Å². The summed E-state index contributed by atoms with van der Waals surface area (Å²) in [5.74, 6) is -0.522. The number of rotatable bonds is 3. The van der Waals surface area contributed by atoms with Gasteiger partial charge in [0.05, 0.1) is 6.10 Å². The summed E-state index contributed by atoms with van der Waals surface area (Å²) in [6.07, 6.45) is 3.20. The van der Waals surface area contributed by atoms with E-state index >= 15 is 0 Å². The summed E-state index contributed by atoms with van der Waals surface area (Å²) >= 11 is 0. The van der Waals surface area contributed by atoms with Gasteiger partial charge in [-0.25, -0.2) is 8.78 Å². The number of fused-ring (bicyclic) bond motifs is 1. The normalized spacial score (nSPS) is 31.4. The molecule has 1 aromatic rings. The molecule has 1 aliphatic carbocycles. The van der Waals surface area contributed by atoms with Crippen molar-refractivity contribution in [3.05, 3.63) is 35.4 Å². The first-order chi connectivity index (χ1) is 9.16. The minimum atomic E-state index is -0.937. The molecule has 1 aromatic carbocycles. The van der Waals surface area contributed by atoms with Crippen molar-refractivity contribution in [2.24, 2.45) is 11.8 Å². The third-order valence-electron chi connectivity index (χ3n) is 4.69. The molecule has 104 valence electrons. The average molecular weight is 267 g/mol. The van der Waals surface area contributed by atoms with Crippen molar-refractivity contribution in [1.82, 2.24) is 5.32 Å². The Kier molecular flexibility index (Phi) is 3.54. The first-order valence-corrected chi connectivity index (χ1v) is 7.02. The van der Waals surface area contributed by atoms with E-state index in [0.29, 0.717) is 18.3 Å². The van der Waals surface area contributed by atoms with Gasteiger partial charge in [0.2, 0.25) is 0 Å². The van der Waals surface area contributed by atoms with E-state index in [9.17, 15) is 13.9 Å². The third kappa shape index (κ3) is 2.39. The zero-order chi connectivity index (χ0) is 13.4. The van der Waals surface area contributed by atoms with Gasteiger partial charge in [0.25, 0.3) is 0 Å². The van der Waals surface area contributed by atoms with Crippen LogP contribution in [-0.2, 0) is 0 Å². The molecule has 3 rings (SSSR count). The Balaban J connectivity index is 1.71. The van der Waals surface area contributed by atoms with E-state index in [1.807, 2.05) is 0 Å². The van der Waals surface area contributed by atoms with Gasteiger partial charge in [0.1, 0.15) is 0 Å². The maximum atomic E-state index is 13.6. The molecular formula is C15H19F2NO. The lowest BCUT2D eigenvalue weighted by Gasteiger charge is -2.22. The second kappa shape index (κ2) is 5.17. The lowest BCUT2D eigenvalue weighted by atomic mass is 9.89. The molecule has 4 unspecified atom stereocenters. The van der Waals surface area contributed by atoms with Crippen molar-refractivity contribution in [1.29, 1.82) is 0 Å². The Morgan fingerprint density at radius 1 is 1.32 bits per heavy atom. The molecule has 19 heavy (non-hydrogen) atoms. The Bertz CT molecular complexity index is 465. The highest BCUT2D eigenvalue weighted by Gasteiger charge is 2.39. The SMILES string of the molecule is OC(CC1NCC2CCCC21)c1cccc(F)c1F. The van der Waals surface area contributed by atoms with Crippen molar-refractivity contribution in [3.63, 3.8) is 0 Å². The van der Waals surface area contributed by atoms with Gasteiger partial charge in [-0.1, -0.05) is 18.6 Å². The number of hydrogen-bond donors (Lipinski definition) is 2. The third-order valence-corrected chi connectivity index (χ3v) is 4.69. The van der Waals surface area contributed by atoms with Gasteiger partial charge in [-0.2, -0.15) is 0 Å². The second-order valence-electron chi connectivity index (χ2n) is 5.76. The summed E-state index contributed by atoms with van der Waals surface area (Å²) in [5.41, 5.74) is 0.0725. The summed E-state index contributed by atoms with van der Waals surface area (Å²) in [7, 11) is 0. The zero-order valence-electron chi connectivity index (χ0n) is 10.8. The van der Waals surface area contributed by atoms with Crippen molar-refractivity contribution in [2.45, 2.75) is 37.8 Å². The maximum Gasteiger partial charge on any atom is 0.164 e. The van der Waals surface area contributed by atoms with Gasteiger partial charge in [0.15, 0.2) is 11.6 Å². The molecule has 2 nitrogen and oxygen atoms in total. The smallest absolute Gasteiger partial charge is 0.164 e. The molecule has 0 radical (unpaired) electrons. The number of benzene rings is 1. The van der Waals surface area contributed by atoms with Crippen LogP contribution in [0, 0.1) is 23.5 Å². The molecule has 4 atom stereocenters. The predicted molar refractivity (Wildman–Crippen MR) is 68.6 cm³/mol. The molecule has 2 fully saturated rings. The van der Waals surface area contributed by atoms with E-state index in [1.165, 1.54) is 31.4 Å². The molecular weight excluding hydrogens is 248 g/mol. The number of aliphatic hydroxyl groups is 1. The summed E-state index contributed by atoms with van der Waals surface area (Å²) < 4.78 is 26.8. The van der Waals surface area contributed by atoms with Crippen LogP contribution >= 0.6 is 0 Å². The first kappa shape index (κ1) is 13.0. The van der Waals surface area contributed by atoms with Crippen LogP contribution in [0.25, 0.3) is 0 Å². The van der Waals surface area contributed by atoms with E-state index in [4.69, 9.17) is 0 Å². The molecule has 1 saturated carbocycles. The van der Waals surface area contributed by atoms with Crippen molar-refractivity contribution in [2.75, 3.05) is 6.54 Å². The van der Waals surface area contributed by atoms with Gasteiger partial charge >= 0.3 is 0 Å². The van der Waals surface area contributed by atoms with Crippen LogP contribution in [0.5, 0.6) is 0 Å². The predicted octanol–water partition coefficient (Wildman–Crippen LogP) is 2.78. The Morgan fingerprint density at radius 2 is 2.16 bits per heavy atom. The quantitative estimate of drug-likeness (QED) is 0.882. The Labute approximate surface area is 111 Å². The minimum Gasteiger partial charge on any atom is -0.388 e. The van der Waals surface area contributed by atoms with Crippen molar-refractivity contribution in [3.8, 4) is 0 Å². The van der Waals surface area contributed by atoms with Crippen LogP contribution in [-0.4, -0.2) is 17.7 Å². The second-order valence-corrected chi connectivity index (χ2v) is 5.76. The van der Waals surface area contributed by atoms with Gasteiger partial charge in [0, 0.05) is 11.6 Å². The average Bonchev–Trinajstić information content (AvgIpc) is 2.97. The van der Waals surface area contributed by atoms with Crippen LogP contribution in [0.4, 0.5) is 8.78 Å². The number of halogens is 2. The number of nitrogens with one attached hydrogen (secondary N) is 1. The molecule has 1 aliphatic heterocycles.